The molecule has 8 nitrogen and oxygen atoms in total. The molecule has 0 saturated heterocycles. The minimum Gasteiger partial charge on any atom is -0.492 e. The van der Waals surface area contributed by atoms with Crippen molar-refractivity contribution in [3.05, 3.63) is 29.8 Å². The molecule has 0 atom stereocenters. The molecule has 0 saturated carbocycles. The van der Waals surface area contributed by atoms with Crippen molar-refractivity contribution in [3.8, 4) is 5.75 Å². The number of carbonyl (C=O) groups excluding carboxylic acids is 1. The first kappa shape index (κ1) is 20.7. The second-order valence-electron chi connectivity index (χ2n) is 7.21. The molecule has 2 aromatic heterocycles. The van der Waals surface area contributed by atoms with E-state index in [0.29, 0.717) is 24.1 Å². The van der Waals surface area contributed by atoms with Gasteiger partial charge in [-0.1, -0.05) is 31.3 Å². The Balaban J connectivity index is 1.70. The van der Waals surface area contributed by atoms with E-state index in [2.05, 4.69) is 28.9 Å². The van der Waals surface area contributed by atoms with Crippen molar-refractivity contribution in [2.24, 2.45) is 0 Å². The smallest absolute Gasteiger partial charge is 0.298 e. The Bertz CT molecular complexity index is 1030. The Hall–Kier alpha value is -2.52. The third-order valence-corrected chi connectivity index (χ3v) is 6.53. The topological polar surface area (TPSA) is 76.4 Å². The summed E-state index contributed by atoms with van der Waals surface area (Å²) in [5.41, 5.74) is 0.798. The van der Waals surface area contributed by atoms with E-state index in [1.807, 2.05) is 29.7 Å². The fourth-order valence-electron chi connectivity index (χ4n) is 3.79. The van der Waals surface area contributed by atoms with Gasteiger partial charge in [-0.05, 0) is 38.6 Å². The summed E-state index contributed by atoms with van der Waals surface area (Å²) in [5.74, 6) is 1.91. The number of aromatic nitrogens is 4. The van der Waals surface area contributed by atoms with Crippen LogP contribution in [0.3, 0.4) is 0 Å². The molecule has 0 spiro atoms. The number of hydrogen-bond acceptors (Lipinski definition) is 7. The van der Waals surface area contributed by atoms with Crippen molar-refractivity contribution < 1.29 is 9.53 Å². The molecule has 0 bridgehead atoms. The molecule has 0 fully saturated rings. The molecule has 1 aliphatic heterocycles. The highest BCUT2D eigenvalue weighted by atomic mass is 32.1. The molecule has 1 aromatic carbocycles. The zero-order chi connectivity index (χ0) is 21.1. The average molecular weight is 429 g/mol. The van der Waals surface area contributed by atoms with Crippen molar-refractivity contribution >= 4 is 32.6 Å². The van der Waals surface area contributed by atoms with E-state index in [0.717, 1.165) is 60.8 Å². The zero-order valence-electron chi connectivity index (χ0n) is 17.8. The zero-order valence-corrected chi connectivity index (χ0v) is 18.6. The fraction of sp³-hybridized carbons (Fsp3) is 0.524. The summed E-state index contributed by atoms with van der Waals surface area (Å²) in [5, 5.41) is 9.10. The van der Waals surface area contributed by atoms with Crippen LogP contribution < -0.4 is 9.64 Å². The highest BCUT2D eigenvalue weighted by molar-refractivity contribution is 7.22. The minimum absolute atomic E-state index is 0.139. The Morgan fingerprint density at radius 3 is 2.80 bits per heavy atom. The molecule has 160 valence electrons. The predicted molar refractivity (Wildman–Crippen MR) is 119 cm³/mol. The van der Waals surface area contributed by atoms with Crippen LogP contribution in [0, 0.1) is 0 Å². The Morgan fingerprint density at radius 2 is 2.03 bits per heavy atom. The SMILES string of the molecule is CCOc1cccc2sc(N(CCN(CC)CC)C(=O)c3nnc4n3CCC4)nc12. The number of ether oxygens (including phenoxy) is 1. The largest absolute Gasteiger partial charge is 0.492 e. The lowest BCUT2D eigenvalue weighted by molar-refractivity contribution is 0.0969. The van der Waals surface area contributed by atoms with Gasteiger partial charge in [0.2, 0.25) is 5.82 Å². The molecular formula is C21H28N6O2S. The molecule has 0 N–H and O–H groups in total. The van der Waals surface area contributed by atoms with Crippen LogP contribution in [-0.2, 0) is 13.0 Å². The second kappa shape index (κ2) is 9.09. The van der Waals surface area contributed by atoms with Crippen LogP contribution in [0.15, 0.2) is 18.2 Å². The number of carbonyl (C=O) groups is 1. The summed E-state index contributed by atoms with van der Waals surface area (Å²) in [6.45, 7) is 10.8. The van der Waals surface area contributed by atoms with Crippen LogP contribution in [0.25, 0.3) is 10.2 Å². The van der Waals surface area contributed by atoms with Gasteiger partial charge in [-0.3, -0.25) is 9.69 Å². The van der Waals surface area contributed by atoms with Crippen LogP contribution in [0.5, 0.6) is 5.75 Å². The number of thiazole rings is 1. The van der Waals surface area contributed by atoms with E-state index >= 15 is 0 Å². The number of anilines is 1. The Labute approximate surface area is 180 Å². The van der Waals surface area contributed by atoms with Gasteiger partial charge >= 0.3 is 0 Å². The standard InChI is InChI=1S/C21H28N6O2S/c1-4-25(5-2)13-14-27(20(28)19-24-23-17-11-8-12-26(17)19)21-22-18-15(29-6-3)9-7-10-16(18)30-21/h7,9-10H,4-6,8,11-14H2,1-3H3. The number of nitrogens with zero attached hydrogens (tertiary/aromatic N) is 6. The van der Waals surface area contributed by atoms with Gasteiger partial charge in [0.15, 0.2) is 5.13 Å². The molecule has 1 aliphatic rings. The number of fused-ring (bicyclic) bond motifs is 2. The lowest BCUT2D eigenvalue weighted by Gasteiger charge is -2.24. The average Bonchev–Trinajstić information content (AvgIpc) is 3.46. The van der Waals surface area contributed by atoms with E-state index in [4.69, 9.17) is 9.72 Å². The number of hydrogen-bond donors (Lipinski definition) is 0. The molecule has 3 heterocycles. The van der Waals surface area contributed by atoms with Gasteiger partial charge in [-0.25, -0.2) is 4.98 Å². The number of rotatable bonds is 9. The monoisotopic (exact) mass is 428 g/mol. The lowest BCUT2D eigenvalue weighted by Crippen LogP contribution is -2.40. The van der Waals surface area contributed by atoms with Gasteiger partial charge in [-0.2, -0.15) is 0 Å². The number of aryl methyl sites for hydroxylation is 1. The molecule has 9 heteroatoms. The Kier molecular flexibility index (Phi) is 6.29. The lowest BCUT2D eigenvalue weighted by atomic mass is 10.3. The third-order valence-electron chi connectivity index (χ3n) is 5.48. The van der Waals surface area contributed by atoms with E-state index < -0.39 is 0 Å². The van der Waals surface area contributed by atoms with Crippen LogP contribution in [0.2, 0.25) is 0 Å². The molecule has 0 radical (unpaired) electrons. The first-order chi connectivity index (χ1) is 14.7. The minimum atomic E-state index is -0.139. The van der Waals surface area contributed by atoms with E-state index in [9.17, 15) is 4.79 Å². The van der Waals surface area contributed by atoms with Crippen molar-refractivity contribution in [1.82, 2.24) is 24.6 Å². The first-order valence-corrected chi connectivity index (χ1v) is 11.5. The summed E-state index contributed by atoms with van der Waals surface area (Å²) in [6.07, 6.45) is 1.88. The van der Waals surface area contributed by atoms with Crippen LogP contribution in [0.1, 0.15) is 43.6 Å². The maximum atomic E-state index is 13.6. The van der Waals surface area contributed by atoms with Crippen molar-refractivity contribution in [3.63, 3.8) is 0 Å². The summed E-state index contributed by atoms with van der Waals surface area (Å²) >= 11 is 1.51. The van der Waals surface area contributed by atoms with Gasteiger partial charge in [-0.15, -0.1) is 10.2 Å². The number of para-hydroxylation sites is 1. The maximum Gasteiger partial charge on any atom is 0.298 e. The van der Waals surface area contributed by atoms with E-state index in [-0.39, 0.29) is 5.91 Å². The second-order valence-corrected chi connectivity index (χ2v) is 8.22. The van der Waals surface area contributed by atoms with E-state index in [1.54, 1.807) is 4.90 Å². The van der Waals surface area contributed by atoms with Crippen molar-refractivity contribution in [1.29, 1.82) is 0 Å². The summed E-state index contributed by atoms with van der Waals surface area (Å²) in [6, 6.07) is 5.90. The molecule has 0 aliphatic carbocycles. The molecule has 30 heavy (non-hydrogen) atoms. The number of amides is 1. The molecule has 0 unspecified atom stereocenters. The highest BCUT2D eigenvalue weighted by Gasteiger charge is 2.29. The van der Waals surface area contributed by atoms with Gasteiger partial charge in [0.25, 0.3) is 5.91 Å². The van der Waals surface area contributed by atoms with E-state index in [1.165, 1.54) is 11.3 Å². The van der Waals surface area contributed by atoms with Crippen LogP contribution >= 0.6 is 11.3 Å². The van der Waals surface area contributed by atoms with Crippen molar-refractivity contribution in [2.45, 2.75) is 40.2 Å². The first-order valence-electron chi connectivity index (χ1n) is 10.6. The fourth-order valence-corrected chi connectivity index (χ4v) is 4.80. The summed E-state index contributed by atoms with van der Waals surface area (Å²) in [4.78, 5) is 22.4. The van der Waals surface area contributed by atoms with Crippen LogP contribution in [0.4, 0.5) is 5.13 Å². The summed E-state index contributed by atoms with van der Waals surface area (Å²) < 4.78 is 8.70. The quantitative estimate of drug-likeness (QED) is 0.521. The normalized spacial score (nSPS) is 13.2. The number of likely N-dealkylation sites (N-methyl/N-ethyl adjacent to an activating group) is 1. The molecular weight excluding hydrogens is 400 g/mol. The molecule has 3 aromatic rings. The Morgan fingerprint density at radius 1 is 1.20 bits per heavy atom. The van der Waals surface area contributed by atoms with Gasteiger partial charge in [0.05, 0.1) is 11.3 Å². The highest BCUT2D eigenvalue weighted by Crippen LogP contribution is 2.34. The molecule has 4 rings (SSSR count). The van der Waals surface area contributed by atoms with Crippen LogP contribution in [-0.4, -0.2) is 63.3 Å². The van der Waals surface area contributed by atoms with Gasteiger partial charge in [0, 0.05) is 26.1 Å². The molecule has 1 amide bonds. The van der Waals surface area contributed by atoms with Crippen molar-refractivity contribution in [2.75, 3.05) is 37.7 Å². The maximum absolute atomic E-state index is 13.6. The van der Waals surface area contributed by atoms with Gasteiger partial charge in [0.1, 0.15) is 17.1 Å². The number of benzene rings is 1. The third kappa shape index (κ3) is 3.91. The predicted octanol–water partition coefficient (Wildman–Crippen LogP) is 3.22. The van der Waals surface area contributed by atoms with Gasteiger partial charge < -0.3 is 14.2 Å². The summed E-state index contributed by atoms with van der Waals surface area (Å²) in [7, 11) is 0.